The Morgan fingerprint density at radius 2 is 2.15 bits per heavy atom. The number of nitrogens with zero attached hydrogens (tertiary/aromatic N) is 2. The molecule has 0 fully saturated rings. The molecule has 1 aromatic carbocycles. The van der Waals surface area contributed by atoms with Crippen LogP contribution in [0.3, 0.4) is 0 Å². The number of aryl methyl sites for hydroxylation is 3. The van der Waals surface area contributed by atoms with Crippen molar-refractivity contribution in [3.05, 3.63) is 29.5 Å². The van der Waals surface area contributed by atoms with Crippen molar-refractivity contribution in [2.45, 2.75) is 26.7 Å². The summed E-state index contributed by atoms with van der Waals surface area (Å²) in [5.41, 5.74) is 9.87. The Hall–Kier alpha value is -2.17. The molecule has 0 atom stereocenters. The van der Waals surface area contributed by atoms with Crippen LogP contribution in [0.4, 0.5) is 17.2 Å². The number of hydrogen-bond donors (Lipinski definition) is 2. The topological polar surface area (TPSA) is 65.1 Å². The molecule has 2 rings (SSSR count). The lowest BCUT2D eigenvalue weighted by molar-refractivity contribution is 0.416. The van der Waals surface area contributed by atoms with Crippen molar-refractivity contribution in [2.75, 3.05) is 18.2 Å². The van der Waals surface area contributed by atoms with Gasteiger partial charge in [0.2, 0.25) is 0 Å². The normalized spacial score (nSPS) is 10.6. The average molecular weight is 274 g/mol. The third kappa shape index (κ3) is 2.71. The zero-order valence-electron chi connectivity index (χ0n) is 12.5. The zero-order chi connectivity index (χ0) is 14.7. The second kappa shape index (κ2) is 5.86. The van der Waals surface area contributed by atoms with Crippen LogP contribution in [0, 0.1) is 6.92 Å². The molecule has 20 heavy (non-hydrogen) atoms. The van der Waals surface area contributed by atoms with E-state index in [1.54, 1.807) is 11.8 Å². The highest BCUT2D eigenvalue weighted by molar-refractivity contribution is 5.74. The predicted octanol–water partition coefficient (Wildman–Crippen LogP) is 3.02. The molecule has 2 aromatic rings. The van der Waals surface area contributed by atoms with Crippen molar-refractivity contribution in [3.8, 4) is 5.75 Å². The van der Waals surface area contributed by atoms with Crippen LogP contribution in [0.5, 0.6) is 5.75 Å². The molecule has 3 N–H and O–H groups in total. The molecule has 0 unspecified atom stereocenters. The molecule has 5 nitrogen and oxygen atoms in total. The number of nitrogens with one attached hydrogen (secondary N) is 1. The third-order valence-electron chi connectivity index (χ3n) is 3.26. The Balaban J connectivity index is 2.37. The van der Waals surface area contributed by atoms with E-state index in [2.05, 4.69) is 17.3 Å². The molecule has 5 heteroatoms. The van der Waals surface area contributed by atoms with E-state index in [9.17, 15) is 0 Å². The van der Waals surface area contributed by atoms with Gasteiger partial charge in [0.25, 0.3) is 0 Å². The van der Waals surface area contributed by atoms with Crippen LogP contribution < -0.4 is 15.8 Å². The summed E-state index contributed by atoms with van der Waals surface area (Å²) in [6.45, 7) is 4.16. The van der Waals surface area contributed by atoms with Gasteiger partial charge in [0, 0.05) is 7.05 Å². The summed E-state index contributed by atoms with van der Waals surface area (Å²) in [4.78, 5) is 0. The number of benzene rings is 1. The largest absolute Gasteiger partial charge is 0.495 e. The number of rotatable bonds is 5. The lowest BCUT2D eigenvalue weighted by atomic mass is 10.2. The Morgan fingerprint density at radius 1 is 1.40 bits per heavy atom. The molecular formula is C15H22N4O. The Labute approximate surface area is 119 Å². The van der Waals surface area contributed by atoms with Gasteiger partial charge in [-0.2, -0.15) is 5.10 Å². The van der Waals surface area contributed by atoms with E-state index in [-0.39, 0.29) is 0 Å². The fraction of sp³-hybridized carbons (Fsp3) is 0.400. The minimum absolute atomic E-state index is 0.706. The monoisotopic (exact) mass is 274 g/mol. The quantitative estimate of drug-likeness (QED) is 0.879. The van der Waals surface area contributed by atoms with Gasteiger partial charge in [-0.15, -0.1) is 0 Å². The van der Waals surface area contributed by atoms with Crippen LogP contribution in [-0.2, 0) is 13.5 Å². The van der Waals surface area contributed by atoms with Gasteiger partial charge < -0.3 is 15.8 Å². The molecule has 0 aliphatic carbocycles. The van der Waals surface area contributed by atoms with Gasteiger partial charge in [0.15, 0.2) is 5.82 Å². The standard InChI is InChI=1S/C15H22N4O/c1-5-6-11-14(16)15(19(3)18-11)17-12-9-10(2)7-8-13(12)20-4/h7-9,17H,5-6,16H2,1-4H3. The first-order valence-electron chi connectivity index (χ1n) is 6.79. The molecule has 0 aliphatic rings. The smallest absolute Gasteiger partial charge is 0.152 e. The highest BCUT2D eigenvalue weighted by Crippen LogP contribution is 2.32. The van der Waals surface area contributed by atoms with E-state index in [4.69, 9.17) is 10.5 Å². The van der Waals surface area contributed by atoms with E-state index < -0.39 is 0 Å². The maximum atomic E-state index is 6.18. The van der Waals surface area contributed by atoms with Crippen LogP contribution in [0.15, 0.2) is 18.2 Å². The van der Waals surface area contributed by atoms with Crippen molar-refractivity contribution < 1.29 is 4.74 Å². The van der Waals surface area contributed by atoms with E-state index in [1.807, 2.05) is 32.2 Å². The Morgan fingerprint density at radius 3 is 2.80 bits per heavy atom. The second-order valence-corrected chi connectivity index (χ2v) is 4.91. The van der Waals surface area contributed by atoms with Crippen LogP contribution in [0.1, 0.15) is 24.6 Å². The fourth-order valence-corrected chi connectivity index (χ4v) is 2.21. The summed E-state index contributed by atoms with van der Waals surface area (Å²) in [7, 11) is 3.55. The molecule has 0 saturated heterocycles. The van der Waals surface area contributed by atoms with Gasteiger partial charge in [-0.3, -0.25) is 4.68 Å². The molecule has 0 bridgehead atoms. The van der Waals surface area contributed by atoms with E-state index in [1.165, 1.54) is 0 Å². The van der Waals surface area contributed by atoms with E-state index in [0.717, 1.165) is 41.4 Å². The molecule has 1 aromatic heterocycles. The van der Waals surface area contributed by atoms with E-state index >= 15 is 0 Å². The average Bonchev–Trinajstić information content (AvgIpc) is 2.67. The summed E-state index contributed by atoms with van der Waals surface area (Å²) >= 11 is 0. The summed E-state index contributed by atoms with van der Waals surface area (Å²) in [5.74, 6) is 1.59. The first-order valence-corrected chi connectivity index (χ1v) is 6.79. The van der Waals surface area contributed by atoms with Crippen LogP contribution >= 0.6 is 0 Å². The number of hydrogen-bond acceptors (Lipinski definition) is 4. The minimum atomic E-state index is 0.706. The van der Waals surface area contributed by atoms with Crippen LogP contribution in [-0.4, -0.2) is 16.9 Å². The Bertz CT molecular complexity index is 604. The number of nitrogen functional groups attached to an aromatic ring is 1. The minimum Gasteiger partial charge on any atom is -0.495 e. The van der Waals surface area contributed by atoms with Gasteiger partial charge in [-0.05, 0) is 31.0 Å². The highest BCUT2D eigenvalue weighted by atomic mass is 16.5. The van der Waals surface area contributed by atoms with Gasteiger partial charge >= 0.3 is 0 Å². The maximum Gasteiger partial charge on any atom is 0.152 e. The third-order valence-corrected chi connectivity index (χ3v) is 3.26. The van der Waals surface area contributed by atoms with Gasteiger partial charge in [0.05, 0.1) is 24.2 Å². The van der Waals surface area contributed by atoms with Crippen molar-refractivity contribution in [3.63, 3.8) is 0 Å². The lowest BCUT2D eigenvalue weighted by Crippen LogP contribution is -2.03. The van der Waals surface area contributed by atoms with Crippen LogP contribution in [0.25, 0.3) is 0 Å². The second-order valence-electron chi connectivity index (χ2n) is 4.91. The van der Waals surface area contributed by atoms with E-state index in [0.29, 0.717) is 5.69 Å². The molecule has 0 radical (unpaired) electrons. The fourth-order valence-electron chi connectivity index (χ4n) is 2.21. The SMILES string of the molecule is CCCc1nn(C)c(Nc2cc(C)ccc2OC)c1N. The first-order chi connectivity index (χ1) is 9.56. The zero-order valence-corrected chi connectivity index (χ0v) is 12.5. The number of aromatic nitrogens is 2. The number of anilines is 3. The molecule has 0 aliphatic heterocycles. The molecule has 1 heterocycles. The summed E-state index contributed by atoms with van der Waals surface area (Å²) in [6, 6.07) is 5.99. The summed E-state index contributed by atoms with van der Waals surface area (Å²) in [5, 5.41) is 7.79. The predicted molar refractivity (Wildman–Crippen MR) is 82.6 cm³/mol. The maximum absolute atomic E-state index is 6.18. The first kappa shape index (κ1) is 14.2. The Kier molecular flexibility index (Phi) is 4.17. The number of methoxy groups -OCH3 is 1. The van der Waals surface area contributed by atoms with Crippen molar-refractivity contribution in [1.29, 1.82) is 0 Å². The molecular weight excluding hydrogens is 252 g/mol. The summed E-state index contributed by atoms with van der Waals surface area (Å²) < 4.78 is 7.15. The number of ether oxygens (including phenoxy) is 1. The molecule has 0 saturated carbocycles. The highest BCUT2D eigenvalue weighted by Gasteiger charge is 2.14. The van der Waals surface area contributed by atoms with Crippen LogP contribution in [0.2, 0.25) is 0 Å². The van der Waals surface area contributed by atoms with Crippen molar-refractivity contribution in [2.24, 2.45) is 7.05 Å². The summed E-state index contributed by atoms with van der Waals surface area (Å²) in [6.07, 6.45) is 1.90. The molecule has 0 spiro atoms. The van der Waals surface area contributed by atoms with Gasteiger partial charge in [-0.1, -0.05) is 19.4 Å². The van der Waals surface area contributed by atoms with Gasteiger partial charge in [-0.25, -0.2) is 0 Å². The van der Waals surface area contributed by atoms with Crippen molar-refractivity contribution >= 4 is 17.2 Å². The van der Waals surface area contributed by atoms with Crippen molar-refractivity contribution in [1.82, 2.24) is 9.78 Å². The van der Waals surface area contributed by atoms with Gasteiger partial charge in [0.1, 0.15) is 5.75 Å². The molecule has 108 valence electrons. The lowest BCUT2D eigenvalue weighted by Gasteiger charge is -2.12. The number of nitrogens with two attached hydrogens (primary N) is 1. The molecule has 0 amide bonds.